The van der Waals surface area contributed by atoms with E-state index >= 15 is 0 Å². The summed E-state index contributed by atoms with van der Waals surface area (Å²) in [6, 6.07) is 10.8. The van der Waals surface area contributed by atoms with E-state index in [9.17, 15) is 9.59 Å². The Labute approximate surface area is 182 Å². The van der Waals surface area contributed by atoms with Crippen molar-refractivity contribution in [2.45, 2.75) is 17.9 Å². The summed E-state index contributed by atoms with van der Waals surface area (Å²) in [5.74, 6) is -0.390. The Balaban J connectivity index is 0.000000730. The first-order valence-electron chi connectivity index (χ1n) is 9.43. The zero-order valence-electron chi connectivity index (χ0n) is 16.2. The van der Waals surface area contributed by atoms with Crippen LogP contribution < -0.4 is 5.32 Å². The smallest absolute Gasteiger partial charge is 0.290 e. The molecule has 2 aromatic heterocycles. The first-order valence-corrected chi connectivity index (χ1v) is 9.81. The summed E-state index contributed by atoms with van der Waals surface area (Å²) in [6.45, 7) is 0.162. The Morgan fingerprint density at radius 2 is 2.03 bits per heavy atom. The normalized spacial score (nSPS) is 21.3. The quantitative estimate of drug-likeness (QED) is 0.526. The number of nitrogens with one attached hydrogen (secondary N) is 2. The number of halogens is 1. The van der Waals surface area contributed by atoms with E-state index in [-0.39, 0.29) is 29.0 Å². The number of hydrogen-bond acceptors (Lipinski definition) is 5. The lowest BCUT2D eigenvalue weighted by molar-refractivity contribution is -0.123. The number of aromatic amines is 1. The zero-order chi connectivity index (χ0) is 22.0. The summed E-state index contributed by atoms with van der Waals surface area (Å²) in [6.07, 6.45) is 5.29. The number of para-hydroxylation sites is 1. The number of aromatic nitrogens is 3. The molecule has 10 heteroatoms. The van der Waals surface area contributed by atoms with Crippen molar-refractivity contribution >= 4 is 35.6 Å². The number of anilines is 1. The highest BCUT2D eigenvalue weighted by atomic mass is 35.5. The second-order valence-corrected chi connectivity index (χ2v) is 7.51. The van der Waals surface area contributed by atoms with Crippen molar-refractivity contribution in [1.29, 1.82) is 0 Å². The van der Waals surface area contributed by atoms with Crippen molar-refractivity contribution in [1.82, 2.24) is 20.1 Å². The molecule has 0 bridgehead atoms. The van der Waals surface area contributed by atoms with Gasteiger partial charge < -0.3 is 15.3 Å². The van der Waals surface area contributed by atoms with E-state index in [2.05, 4.69) is 20.5 Å². The molecule has 158 valence electrons. The average Bonchev–Trinajstić information content (AvgIpc) is 3.46. The van der Waals surface area contributed by atoms with Crippen molar-refractivity contribution in [3.05, 3.63) is 76.8 Å². The first kappa shape index (κ1) is 20.5. The molecule has 5 rings (SSSR count). The number of carbonyl (C=O) groups is 3. The number of nitrogens with zero attached hydrogens (tertiary/aromatic N) is 3. The molecule has 3 N–H and O–H groups in total. The molecular weight excluding hydrogens is 422 g/mol. The van der Waals surface area contributed by atoms with Crippen molar-refractivity contribution < 1.29 is 19.5 Å². The van der Waals surface area contributed by atoms with Gasteiger partial charge in [0.25, 0.3) is 12.4 Å². The number of pyridine rings is 1. The van der Waals surface area contributed by atoms with E-state index in [1.165, 1.54) is 6.20 Å². The number of H-pyrrole nitrogens is 1. The molecule has 0 saturated carbocycles. The number of carboxylic acid groups (broad SMARTS) is 1. The van der Waals surface area contributed by atoms with E-state index in [1.807, 2.05) is 36.4 Å². The Morgan fingerprint density at radius 3 is 2.71 bits per heavy atom. The maximum Gasteiger partial charge on any atom is 0.290 e. The molecule has 2 unspecified atom stereocenters. The molecule has 0 radical (unpaired) electrons. The van der Waals surface area contributed by atoms with Crippen LogP contribution in [0.5, 0.6) is 0 Å². The summed E-state index contributed by atoms with van der Waals surface area (Å²) < 4.78 is 0. The van der Waals surface area contributed by atoms with Crippen LogP contribution in [0.1, 0.15) is 34.1 Å². The monoisotopic (exact) mass is 439 g/mol. The SMILES string of the molecule is O=C(c1[nH]ncc1Cl)N1CCC2(C(=O)Nc3ccccc32)C1c1cccnc1.O=CO. The lowest BCUT2D eigenvalue weighted by atomic mass is 9.73. The molecule has 9 nitrogen and oxygen atoms in total. The molecule has 2 aliphatic heterocycles. The summed E-state index contributed by atoms with van der Waals surface area (Å²) in [7, 11) is 0. The summed E-state index contributed by atoms with van der Waals surface area (Å²) in [5.41, 5.74) is 1.84. The van der Waals surface area contributed by atoms with Crippen molar-refractivity contribution in [2.75, 3.05) is 11.9 Å². The van der Waals surface area contributed by atoms with E-state index in [0.29, 0.717) is 13.0 Å². The van der Waals surface area contributed by atoms with Gasteiger partial charge in [0.05, 0.1) is 17.3 Å². The van der Waals surface area contributed by atoms with Gasteiger partial charge in [0, 0.05) is 24.6 Å². The van der Waals surface area contributed by atoms with Crippen molar-refractivity contribution in [3.63, 3.8) is 0 Å². The van der Waals surface area contributed by atoms with Crippen LogP contribution in [0, 0.1) is 0 Å². The Hall–Kier alpha value is -3.72. The van der Waals surface area contributed by atoms with Crippen LogP contribution in [0.25, 0.3) is 0 Å². The molecule has 1 saturated heterocycles. The fourth-order valence-corrected chi connectivity index (χ4v) is 4.64. The largest absolute Gasteiger partial charge is 0.483 e. The van der Waals surface area contributed by atoms with E-state index < -0.39 is 11.5 Å². The minimum absolute atomic E-state index is 0.103. The maximum atomic E-state index is 13.3. The zero-order valence-corrected chi connectivity index (χ0v) is 16.9. The van der Waals surface area contributed by atoms with Crippen LogP contribution in [0.3, 0.4) is 0 Å². The summed E-state index contributed by atoms with van der Waals surface area (Å²) >= 11 is 6.13. The van der Waals surface area contributed by atoms with Gasteiger partial charge in [0.15, 0.2) is 0 Å². The second kappa shape index (κ2) is 8.19. The Morgan fingerprint density at radius 1 is 1.26 bits per heavy atom. The molecule has 3 aromatic rings. The van der Waals surface area contributed by atoms with Crippen molar-refractivity contribution in [3.8, 4) is 0 Å². The third-order valence-electron chi connectivity index (χ3n) is 5.65. The lowest BCUT2D eigenvalue weighted by Gasteiger charge is -2.34. The molecule has 0 aliphatic carbocycles. The van der Waals surface area contributed by atoms with Gasteiger partial charge in [-0.05, 0) is 29.7 Å². The van der Waals surface area contributed by atoms with Crippen LogP contribution >= 0.6 is 11.6 Å². The summed E-state index contributed by atoms with van der Waals surface area (Å²) in [5, 5.41) is 16.7. The minimum atomic E-state index is -0.873. The highest BCUT2D eigenvalue weighted by Gasteiger charge is 2.59. The molecule has 2 atom stereocenters. The third-order valence-corrected chi connectivity index (χ3v) is 5.94. The van der Waals surface area contributed by atoms with E-state index in [4.69, 9.17) is 21.5 Å². The Bertz CT molecular complexity index is 1140. The molecule has 1 fully saturated rings. The number of likely N-dealkylation sites (tertiary alicyclic amines) is 1. The van der Waals surface area contributed by atoms with Gasteiger partial charge in [-0.3, -0.25) is 24.5 Å². The number of hydrogen-bond donors (Lipinski definition) is 3. The van der Waals surface area contributed by atoms with Gasteiger partial charge in [-0.15, -0.1) is 0 Å². The summed E-state index contributed by atoms with van der Waals surface area (Å²) in [4.78, 5) is 40.8. The number of rotatable bonds is 2. The van der Waals surface area contributed by atoms with E-state index in [1.54, 1.807) is 17.3 Å². The fraction of sp³-hybridized carbons (Fsp3) is 0.190. The van der Waals surface area contributed by atoms with Gasteiger partial charge in [0.2, 0.25) is 5.91 Å². The molecule has 2 aliphatic rings. The van der Waals surface area contributed by atoms with Crippen LogP contribution in [0.4, 0.5) is 5.69 Å². The van der Waals surface area contributed by atoms with Gasteiger partial charge in [-0.25, -0.2) is 0 Å². The maximum absolute atomic E-state index is 13.3. The number of carbonyl (C=O) groups excluding carboxylic acids is 2. The highest BCUT2D eigenvalue weighted by Crippen LogP contribution is 2.54. The topological polar surface area (TPSA) is 128 Å². The molecule has 2 amide bonds. The predicted molar refractivity (Wildman–Crippen MR) is 112 cm³/mol. The van der Waals surface area contributed by atoms with Gasteiger partial charge in [-0.2, -0.15) is 5.10 Å². The van der Waals surface area contributed by atoms with E-state index in [0.717, 1.165) is 16.8 Å². The molecular formula is C21H18ClN5O4. The van der Waals surface area contributed by atoms with Gasteiger partial charge >= 0.3 is 0 Å². The highest BCUT2D eigenvalue weighted by molar-refractivity contribution is 6.33. The van der Waals surface area contributed by atoms with Crippen LogP contribution in [0.15, 0.2) is 55.0 Å². The molecule has 31 heavy (non-hydrogen) atoms. The van der Waals surface area contributed by atoms with Crippen LogP contribution in [-0.2, 0) is 15.0 Å². The van der Waals surface area contributed by atoms with Crippen molar-refractivity contribution in [2.24, 2.45) is 0 Å². The first-order chi connectivity index (χ1) is 15.0. The fourth-order valence-electron chi connectivity index (χ4n) is 4.47. The molecule has 4 heterocycles. The van der Waals surface area contributed by atoms with Gasteiger partial charge in [-0.1, -0.05) is 35.9 Å². The molecule has 1 aromatic carbocycles. The lowest BCUT2D eigenvalue weighted by Crippen LogP contribution is -2.42. The Kier molecular flexibility index (Phi) is 5.43. The predicted octanol–water partition coefficient (Wildman–Crippen LogP) is 2.64. The average molecular weight is 440 g/mol. The standard InChI is InChI=1S/C20H16ClN5O2.CH2O2/c21-14-11-23-25-16(14)18(27)26-9-7-20(17(26)12-4-3-8-22-10-12)13-5-1-2-6-15(13)24-19(20)28;2-1-3/h1-6,8,10-11,17H,7,9H2,(H,23,25)(H,24,28);1H,(H,2,3). The minimum Gasteiger partial charge on any atom is -0.483 e. The van der Waals surface area contributed by atoms with Crippen LogP contribution in [-0.4, -0.2) is 50.0 Å². The molecule has 1 spiro atoms. The van der Waals surface area contributed by atoms with Crippen LogP contribution in [0.2, 0.25) is 5.02 Å². The van der Waals surface area contributed by atoms with Gasteiger partial charge in [0.1, 0.15) is 11.1 Å². The number of benzene rings is 1. The number of amides is 2. The second-order valence-electron chi connectivity index (χ2n) is 7.11. The number of fused-ring (bicyclic) bond motifs is 2. The third kappa shape index (κ3) is 3.23.